The van der Waals surface area contributed by atoms with E-state index < -0.39 is 23.3 Å². The summed E-state index contributed by atoms with van der Waals surface area (Å²) in [4.78, 5) is 11.4. The van der Waals surface area contributed by atoms with Gasteiger partial charge in [-0.25, -0.2) is 13.6 Å². The van der Waals surface area contributed by atoms with Gasteiger partial charge in [-0.05, 0) is 75.9 Å². The van der Waals surface area contributed by atoms with Gasteiger partial charge in [0.15, 0.2) is 11.6 Å². The fourth-order valence-electron chi connectivity index (χ4n) is 1.91. The van der Waals surface area contributed by atoms with Gasteiger partial charge in [0, 0.05) is 13.1 Å². The highest BCUT2D eigenvalue weighted by Gasteiger charge is 2.17. The maximum Gasteiger partial charge on any atom is 0.407 e. The van der Waals surface area contributed by atoms with Crippen LogP contribution in [0.2, 0.25) is 10.0 Å². The molecule has 0 bridgehead atoms. The molecule has 0 saturated carbocycles. The Kier molecular flexibility index (Phi) is 12.8. The van der Waals surface area contributed by atoms with Gasteiger partial charge in [0.1, 0.15) is 5.60 Å². The number of carbonyl (C=O) groups excluding carboxylic acids is 1. The molecule has 0 heterocycles. The standard InChI is InChI=1S/C12H14BrClFNO2.C7H6BrClFN.ClH/c1-12(2,3)18-11(17)16-6-7-4-5-8(14)10(15)9(7)13;8-6-4(3-11)1-2-5(9)7(6)10;/h4-5H,6H2,1-3H3,(H,16,17);1-2H,3,11H2;1H. The Morgan fingerprint density at radius 3 is 1.90 bits per heavy atom. The highest BCUT2D eigenvalue weighted by atomic mass is 79.9. The Morgan fingerprint density at radius 2 is 1.47 bits per heavy atom. The summed E-state index contributed by atoms with van der Waals surface area (Å²) >= 11 is 17.3. The van der Waals surface area contributed by atoms with Crippen molar-refractivity contribution in [2.45, 2.75) is 39.5 Å². The molecular weight excluding hydrogens is 592 g/mol. The molecule has 0 radical (unpaired) electrons. The minimum atomic E-state index is -0.563. The number of hydrogen-bond acceptors (Lipinski definition) is 3. The molecule has 0 aliphatic rings. The average Bonchev–Trinajstić information content (AvgIpc) is 2.63. The molecule has 0 aliphatic heterocycles. The average molecular weight is 614 g/mol. The highest BCUT2D eigenvalue weighted by molar-refractivity contribution is 9.10. The van der Waals surface area contributed by atoms with Crippen molar-refractivity contribution < 1.29 is 18.3 Å². The third-order valence-electron chi connectivity index (χ3n) is 3.27. The number of halogens is 7. The van der Waals surface area contributed by atoms with E-state index in [1.807, 2.05) is 0 Å². The normalized spacial score (nSPS) is 10.5. The maximum atomic E-state index is 13.5. The number of benzene rings is 2. The Labute approximate surface area is 207 Å². The molecule has 3 N–H and O–H groups in total. The van der Waals surface area contributed by atoms with Crippen LogP contribution in [0, 0.1) is 11.6 Å². The van der Waals surface area contributed by atoms with Crippen molar-refractivity contribution in [3.05, 3.63) is 66.0 Å². The summed E-state index contributed by atoms with van der Waals surface area (Å²) in [6.45, 7) is 5.76. The van der Waals surface area contributed by atoms with Crippen LogP contribution in [0.4, 0.5) is 13.6 Å². The van der Waals surface area contributed by atoms with Crippen molar-refractivity contribution in [1.29, 1.82) is 0 Å². The van der Waals surface area contributed by atoms with Crippen LogP contribution in [0.25, 0.3) is 0 Å². The molecule has 2 rings (SSSR count). The summed E-state index contributed by atoms with van der Waals surface area (Å²) in [6, 6.07) is 6.25. The molecule has 1 amide bonds. The lowest BCUT2D eigenvalue weighted by Gasteiger charge is -2.19. The molecule has 0 aliphatic carbocycles. The number of ether oxygens (including phenoxy) is 1. The van der Waals surface area contributed by atoms with Gasteiger partial charge in [0.25, 0.3) is 0 Å². The van der Waals surface area contributed by atoms with Crippen LogP contribution in [-0.2, 0) is 17.8 Å². The zero-order chi connectivity index (χ0) is 22.4. The second-order valence-electron chi connectivity index (χ2n) is 6.73. The van der Waals surface area contributed by atoms with Crippen LogP contribution in [0.5, 0.6) is 0 Å². The smallest absolute Gasteiger partial charge is 0.407 e. The van der Waals surface area contributed by atoms with E-state index in [-0.39, 0.29) is 33.5 Å². The quantitative estimate of drug-likeness (QED) is 0.355. The number of carbonyl (C=O) groups is 1. The summed E-state index contributed by atoms with van der Waals surface area (Å²) in [6.07, 6.45) is -0.551. The van der Waals surface area contributed by atoms with E-state index >= 15 is 0 Å². The topological polar surface area (TPSA) is 64.3 Å². The monoisotopic (exact) mass is 610 g/mol. The van der Waals surface area contributed by atoms with Gasteiger partial charge >= 0.3 is 6.09 Å². The third-order valence-corrected chi connectivity index (χ3v) is 5.57. The highest BCUT2D eigenvalue weighted by Crippen LogP contribution is 2.27. The van der Waals surface area contributed by atoms with Gasteiger partial charge in [-0.3, -0.25) is 0 Å². The van der Waals surface area contributed by atoms with E-state index in [9.17, 15) is 13.6 Å². The van der Waals surface area contributed by atoms with Crippen LogP contribution in [-0.4, -0.2) is 11.7 Å². The molecule has 4 nitrogen and oxygen atoms in total. The van der Waals surface area contributed by atoms with Crippen molar-refractivity contribution in [2.24, 2.45) is 5.73 Å². The summed E-state index contributed by atoms with van der Waals surface area (Å²) in [7, 11) is 0. The summed E-state index contributed by atoms with van der Waals surface area (Å²) in [5.41, 5.74) is 6.07. The lowest BCUT2D eigenvalue weighted by Crippen LogP contribution is -2.32. The van der Waals surface area contributed by atoms with Gasteiger partial charge in [-0.15, -0.1) is 12.4 Å². The number of hydrogen-bond donors (Lipinski definition) is 2. The zero-order valence-electron chi connectivity index (χ0n) is 16.3. The Hall–Kier alpha value is -0.640. The van der Waals surface area contributed by atoms with Crippen molar-refractivity contribution >= 4 is 73.6 Å². The van der Waals surface area contributed by atoms with E-state index in [0.29, 0.717) is 22.1 Å². The van der Waals surface area contributed by atoms with Crippen molar-refractivity contribution in [3.63, 3.8) is 0 Å². The maximum absolute atomic E-state index is 13.5. The first-order chi connectivity index (χ1) is 13.4. The second kappa shape index (κ2) is 13.0. The molecule has 0 atom stereocenters. The first-order valence-electron chi connectivity index (χ1n) is 8.29. The van der Waals surface area contributed by atoms with Crippen molar-refractivity contribution in [2.75, 3.05) is 0 Å². The third kappa shape index (κ3) is 9.24. The minimum Gasteiger partial charge on any atom is -0.444 e. The van der Waals surface area contributed by atoms with Crippen LogP contribution < -0.4 is 11.1 Å². The summed E-state index contributed by atoms with van der Waals surface area (Å²) < 4.78 is 32.1. The number of amides is 1. The predicted octanol–water partition coefficient (Wildman–Crippen LogP) is 7.39. The zero-order valence-corrected chi connectivity index (χ0v) is 21.8. The van der Waals surface area contributed by atoms with Crippen molar-refractivity contribution in [1.82, 2.24) is 5.32 Å². The van der Waals surface area contributed by atoms with Gasteiger partial charge in [0.2, 0.25) is 0 Å². The van der Waals surface area contributed by atoms with E-state index in [0.717, 1.165) is 0 Å². The number of nitrogens with two attached hydrogens (primary N) is 1. The number of alkyl carbamates (subject to hydrolysis) is 1. The molecule has 168 valence electrons. The number of rotatable bonds is 3. The number of nitrogens with one attached hydrogen (secondary N) is 1. The Bertz CT molecular complexity index is 882. The second-order valence-corrected chi connectivity index (χ2v) is 9.13. The molecule has 0 fully saturated rings. The SMILES string of the molecule is CC(C)(C)OC(=O)NCc1ccc(Cl)c(F)c1Br.Cl.NCc1ccc(Cl)c(F)c1Br. The first-order valence-corrected chi connectivity index (χ1v) is 10.6. The van der Waals surface area contributed by atoms with Gasteiger partial charge in [-0.1, -0.05) is 35.3 Å². The molecular formula is C19H21Br2Cl3F2N2O2. The largest absolute Gasteiger partial charge is 0.444 e. The lowest BCUT2D eigenvalue weighted by atomic mass is 10.2. The Morgan fingerprint density at radius 1 is 1.03 bits per heavy atom. The van der Waals surface area contributed by atoms with E-state index in [1.54, 1.807) is 32.9 Å². The van der Waals surface area contributed by atoms with Gasteiger partial charge in [-0.2, -0.15) is 0 Å². The van der Waals surface area contributed by atoms with E-state index in [4.69, 9.17) is 33.7 Å². The van der Waals surface area contributed by atoms with Crippen LogP contribution in [0.3, 0.4) is 0 Å². The molecule has 0 saturated heterocycles. The summed E-state index contributed by atoms with van der Waals surface area (Å²) in [5, 5.41) is 2.68. The molecule has 0 aromatic heterocycles. The summed E-state index contributed by atoms with van der Waals surface area (Å²) in [5.74, 6) is -0.991. The molecule has 2 aromatic rings. The van der Waals surface area contributed by atoms with Crippen LogP contribution in [0.15, 0.2) is 33.2 Å². The van der Waals surface area contributed by atoms with Gasteiger partial charge < -0.3 is 15.8 Å². The molecule has 0 spiro atoms. The molecule has 11 heteroatoms. The lowest BCUT2D eigenvalue weighted by molar-refractivity contribution is 0.0523. The molecule has 30 heavy (non-hydrogen) atoms. The van der Waals surface area contributed by atoms with Crippen molar-refractivity contribution in [3.8, 4) is 0 Å². The fourth-order valence-corrected chi connectivity index (χ4v) is 3.44. The van der Waals surface area contributed by atoms with Gasteiger partial charge in [0.05, 0.1) is 19.0 Å². The Balaban J connectivity index is 0.000000603. The van der Waals surface area contributed by atoms with E-state index in [1.165, 1.54) is 12.1 Å². The van der Waals surface area contributed by atoms with E-state index in [2.05, 4.69) is 37.2 Å². The van der Waals surface area contributed by atoms with Crippen LogP contribution >= 0.6 is 67.5 Å². The molecule has 0 unspecified atom stereocenters. The fraction of sp³-hybridized carbons (Fsp3) is 0.316. The molecule has 2 aromatic carbocycles. The van der Waals surface area contributed by atoms with Crippen LogP contribution in [0.1, 0.15) is 31.9 Å². The predicted molar refractivity (Wildman–Crippen MR) is 126 cm³/mol. The minimum absolute atomic E-state index is 0. The first kappa shape index (κ1) is 29.4.